The standard InChI is InChI=1S/C25H29N3O3S/c1-18-10-12-28(13-11-18)16-19-2-6-21(7-3-19)26-24(29)20-4-8-22(9-5-20)27-25(30)23-17-32-15-14-31-23/h2-9,17-18H,10-16H2,1H3,(H,26,29)(H,27,30). The van der Waals surface area contributed by atoms with Gasteiger partial charge in [0.2, 0.25) is 0 Å². The molecular formula is C25H29N3O3S. The molecule has 6 nitrogen and oxygen atoms in total. The van der Waals surface area contributed by atoms with Crippen molar-refractivity contribution in [3.63, 3.8) is 0 Å². The molecule has 2 N–H and O–H groups in total. The summed E-state index contributed by atoms with van der Waals surface area (Å²) in [5.74, 6) is 1.53. The second-order valence-electron chi connectivity index (χ2n) is 8.34. The maximum Gasteiger partial charge on any atom is 0.291 e. The van der Waals surface area contributed by atoms with Gasteiger partial charge in [0.1, 0.15) is 0 Å². The minimum absolute atomic E-state index is 0.185. The summed E-state index contributed by atoms with van der Waals surface area (Å²) in [5, 5.41) is 7.44. The van der Waals surface area contributed by atoms with Crippen LogP contribution in [0, 0.1) is 5.92 Å². The minimum atomic E-state index is -0.284. The number of nitrogens with one attached hydrogen (secondary N) is 2. The lowest BCUT2D eigenvalue weighted by Crippen LogP contribution is -2.32. The number of piperidine rings is 1. The first-order valence-electron chi connectivity index (χ1n) is 11.1. The smallest absolute Gasteiger partial charge is 0.291 e. The monoisotopic (exact) mass is 451 g/mol. The molecule has 0 aliphatic carbocycles. The van der Waals surface area contributed by atoms with Gasteiger partial charge in [0.05, 0.1) is 6.61 Å². The van der Waals surface area contributed by atoms with Crippen molar-refractivity contribution in [2.75, 3.05) is 36.1 Å². The van der Waals surface area contributed by atoms with Crippen molar-refractivity contribution >= 4 is 35.0 Å². The molecule has 32 heavy (non-hydrogen) atoms. The van der Waals surface area contributed by atoms with E-state index < -0.39 is 0 Å². The third-order valence-electron chi connectivity index (χ3n) is 5.77. The van der Waals surface area contributed by atoms with Gasteiger partial charge in [-0.25, -0.2) is 0 Å². The Morgan fingerprint density at radius 1 is 0.969 bits per heavy atom. The molecule has 2 aromatic carbocycles. The first-order chi connectivity index (χ1) is 15.6. The molecule has 1 fully saturated rings. The molecule has 0 bridgehead atoms. The third kappa shape index (κ3) is 6.14. The van der Waals surface area contributed by atoms with Crippen molar-refractivity contribution < 1.29 is 14.3 Å². The third-order valence-corrected chi connectivity index (χ3v) is 6.56. The SMILES string of the molecule is CC1CCN(Cc2ccc(NC(=O)c3ccc(NC(=O)C4=CSCCO4)cc3)cc2)CC1. The van der Waals surface area contributed by atoms with Gasteiger partial charge in [0.15, 0.2) is 5.76 Å². The molecule has 1 saturated heterocycles. The fourth-order valence-corrected chi connectivity index (χ4v) is 4.38. The largest absolute Gasteiger partial charge is 0.487 e. The van der Waals surface area contributed by atoms with Crippen LogP contribution in [0.2, 0.25) is 0 Å². The summed E-state index contributed by atoms with van der Waals surface area (Å²) < 4.78 is 5.36. The molecule has 0 radical (unpaired) electrons. The average Bonchev–Trinajstić information content (AvgIpc) is 2.83. The van der Waals surface area contributed by atoms with Crippen molar-refractivity contribution in [2.45, 2.75) is 26.3 Å². The van der Waals surface area contributed by atoms with Gasteiger partial charge in [-0.15, -0.1) is 11.8 Å². The van der Waals surface area contributed by atoms with E-state index in [1.54, 1.807) is 41.4 Å². The van der Waals surface area contributed by atoms with E-state index in [2.05, 4.69) is 34.6 Å². The molecule has 0 aromatic heterocycles. The van der Waals surface area contributed by atoms with Crippen LogP contribution in [-0.2, 0) is 16.1 Å². The molecule has 2 aromatic rings. The van der Waals surface area contributed by atoms with Crippen molar-refractivity contribution in [1.29, 1.82) is 0 Å². The number of amides is 2. The zero-order valence-electron chi connectivity index (χ0n) is 18.3. The zero-order chi connectivity index (χ0) is 22.3. The molecule has 2 amide bonds. The van der Waals surface area contributed by atoms with Gasteiger partial charge in [-0.05, 0) is 73.8 Å². The number of benzene rings is 2. The fourth-order valence-electron chi connectivity index (χ4n) is 3.76. The number of carbonyl (C=O) groups is 2. The summed E-state index contributed by atoms with van der Waals surface area (Å²) in [7, 11) is 0. The van der Waals surface area contributed by atoms with Crippen LogP contribution in [-0.4, -0.2) is 42.2 Å². The summed E-state index contributed by atoms with van der Waals surface area (Å²) in [5.41, 5.74) is 3.16. The number of hydrogen-bond acceptors (Lipinski definition) is 5. The van der Waals surface area contributed by atoms with E-state index in [1.807, 2.05) is 12.1 Å². The van der Waals surface area contributed by atoms with Crippen LogP contribution in [0.5, 0.6) is 0 Å². The quantitative estimate of drug-likeness (QED) is 0.665. The molecule has 2 heterocycles. The van der Waals surface area contributed by atoms with E-state index in [0.29, 0.717) is 23.6 Å². The summed E-state index contributed by atoms with van der Waals surface area (Å²) >= 11 is 1.56. The van der Waals surface area contributed by atoms with Crippen LogP contribution in [0.15, 0.2) is 59.7 Å². The van der Waals surface area contributed by atoms with Gasteiger partial charge >= 0.3 is 0 Å². The molecule has 0 atom stereocenters. The van der Waals surface area contributed by atoms with E-state index in [1.165, 1.54) is 18.4 Å². The maximum atomic E-state index is 12.6. The number of anilines is 2. The summed E-state index contributed by atoms with van der Waals surface area (Å²) in [6, 6.07) is 14.9. The lowest BCUT2D eigenvalue weighted by molar-refractivity contribution is -0.116. The molecule has 4 rings (SSSR count). The van der Waals surface area contributed by atoms with Crippen molar-refractivity contribution in [2.24, 2.45) is 5.92 Å². The Morgan fingerprint density at radius 3 is 2.22 bits per heavy atom. The predicted octanol–water partition coefficient (Wildman–Crippen LogP) is 4.71. The second-order valence-corrected chi connectivity index (χ2v) is 9.32. The molecule has 2 aliphatic heterocycles. The molecular weight excluding hydrogens is 422 g/mol. The highest BCUT2D eigenvalue weighted by Crippen LogP contribution is 2.20. The highest BCUT2D eigenvalue weighted by Gasteiger charge is 2.16. The van der Waals surface area contributed by atoms with Gasteiger partial charge < -0.3 is 15.4 Å². The van der Waals surface area contributed by atoms with Gasteiger partial charge in [-0.1, -0.05) is 19.1 Å². The van der Waals surface area contributed by atoms with Gasteiger partial charge in [-0.2, -0.15) is 0 Å². The number of carbonyl (C=O) groups excluding carboxylic acids is 2. The topological polar surface area (TPSA) is 70.7 Å². The van der Waals surface area contributed by atoms with E-state index in [9.17, 15) is 9.59 Å². The first kappa shape index (κ1) is 22.4. The van der Waals surface area contributed by atoms with E-state index in [0.717, 1.165) is 37.0 Å². The van der Waals surface area contributed by atoms with Crippen molar-refractivity contribution in [3.05, 3.63) is 70.8 Å². The zero-order valence-corrected chi connectivity index (χ0v) is 19.1. The summed E-state index contributed by atoms with van der Waals surface area (Å²) in [6.07, 6.45) is 2.53. The highest BCUT2D eigenvalue weighted by atomic mass is 32.2. The van der Waals surface area contributed by atoms with Crippen LogP contribution in [0.25, 0.3) is 0 Å². The average molecular weight is 452 g/mol. The van der Waals surface area contributed by atoms with Gasteiger partial charge in [0.25, 0.3) is 11.8 Å². The number of ether oxygens (including phenoxy) is 1. The molecule has 2 aliphatic rings. The number of likely N-dealkylation sites (tertiary alicyclic amines) is 1. The van der Waals surface area contributed by atoms with Crippen LogP contribution < -0.4 is 10.6 Å². The van der Waals surface area contributed by atoms with Crippen LogP contribution >= 0.6 is 11.8 Å². The Bertz CT molecular complexity index is 965. The predicted molar refractivity (Wildman–Crippen MR) is 130 cm³/mol. The lowest BCUT2D eigenvalue weighted by Gasteiger charge is -2.30. The van der Waals surface area contributed by atoms with Crippen molar-refractivity contribution in [1.82, 2.24) is 4.90 Å². The van der Waals surface area contributed by atoms with E-state index in [4.69, 9.17) is 4.74 Å². The van der Waals surface area contributed by atoms with Crippen molar-refractivity contribution in [3.8, 4) is 0 Å². The number of hydrogen-bond donors (Lipinski definition) is 2. The van der Waals surface area contributed by atoms with E-state index in [-0.39, 0.29) is 11.8 Å². The Labute approximate surface area is 193 Å². The van der Waals surface area contributed by atoms with Crippen LogP contribution in [0.4, 0.5) is 11.4 Å². The first-order valence-corrected chi connectivity index (χ1v) is 12.1. The Hall–Kier alpha value is -2.77. The molecule has 0 spiro atoms. The molecule has 0 saturated carbocycles. The highest BCUT2D eigenvalue weighted by molar-refractivity contribution is 8.02. The fraction of sp³-hybridized carbons (Fsp3) is 0.360. The lowest BCUT2D eigenvalue weighted by atomic mass is 9.99. The number of nitrogens with zero attached hydrogens (tertiary/aromatic N) is 1. The number of thioether (sulfide) groups is 1. The molecule has 7 heteroatoms. The minimum Gasteiger partial charge on any atom is -0.487 e. The van der Waals surface area contributed by atoms with Crippen LogP contribution in [0.3, 0.4) is 0 Å². The van der Waals surface area contributed by atoms with Gasteiger partial charge in [-0.3, -0.25) is 14.5 Å². The number of rotatable bonds is 6. The molecule has 168 valence electrons. The molecule has 0 unspecified atom stereocenters. The summed E-state index contributed by atoms with van der Waals surface area (Å²) in [6.45, 7) is 6.11. The Balaban J connectivity index is 1.28. The normalized spacial score (nSPS) is 17.2. The van der Waals surface area contributed by atoms with Crippen LogP contribution in [0.1, 0.15) is 35.7 Å². The summed E-state index contributed by atoms with van der Waals surface area (Å²) in [4.78, 5) is 27.3. The second kappa shape index (κ2) is 10.7. The Morgan fingerprint density at radius 2 is 1.59 bits per heavy atom. The van der Waals surface area contributed by atoms with E-state index >= 15 is 0 Å². The maximum absolute atomic E-state index is 12.6. The Kier molecular flexibility index (Phi) is 7.50. The van der Waals surface area contributed by atoms with Gasteiger partial charge in [0, 0.05) is 34.6 Å².